The first-order valence-corrected chi connectivity index (χ1v) is 6.87. The smallest absolute Gasteiger partial charge is 0.170 e. The molecule has 0 amide bonds. The molecule has 0 fully saturated rings. The maximum atomic E-state index is 13.2. The molecule has 0 N–H and O–H groups in total. The van der Waals surface area contributed by atoms with Crippen molar-refractivity contribution in [1.82, 2.24) is 0 Å². The Labute approximate surface area is 121 Å². The van der Waals surface area contributed by atoms with Crippen LogP contribution in [0.3, 0.4) is 0 Å². The molecule has 0 aliphatic carbocycles. The molecule has 1 heterocycles. The number of ketones is 1. The van der Waals surface area contributed by atoms with Gasteiger partial charge < -0.3 is 4.74 Å². The summed E-state index contributed by atoms with van der Waals surface area (Å²) in [6.45, 7) is 0.600. The number of aryl methyl sites for hydroxylation is 1. The fourth-order valence-electron chi connectivity index (χ4n) is 2.54. The van der Waals surface area contributed by atoms with Crippen LogP contribution < -0.4 is 4.74 Å². The van der Waals surface area contributed by atoms with Gasteiger partial charge in [-0.1, -0.05) is 18.2 Å². The molecule has 2 aromatic rings. The lowest BCUT2D eigenvalue weighted by molar-refractivity contribution is 0.0988. The van der Waals surface area contributed by atoms with E-state index in [1.807, 2.05) is 12.1 Å². The molecule has 0 spiro atoms. The lowest BCUT2D eigenvalue weighted by atomic mass is 9.97. The fourth-order valence-corrected chi connectivity index (χ4v) is 2.54. The van der Waals surface area contributed by atoms with Crippen molar-refractivity contribution in [3.05, 3.63) is 64.7 Å². The Kier molecular flexibility index (Phi) is 3.69. The maximum Gasteiger partial charge on any atom is 0.170 e. The molecular formula is C17H14F2O2. The largest absolute Gasteiger partial charge is 0.493 e. The van der Waals surface area contributed by atoms with Gasteiger partial charge in [-0.2, -0.15) is 0 Å². The molecule has 0 radical (unpaired) electrons. The summed E-state index contributed by atoms with van der Waals surface area (Å²) in [5.74, 6) is -1.37. The van der Waals surface area contributed by atoms with Gasteiger partial charge in [0.15, 0.2) is 17.4 Å². The summed E-state index contributed by atoms with van der Waals surface area (Å²) in [5, 5.41) is 0. The van der Waals surface area contributed by atoms with Crippen LogP contribution in [0.25, 0.3) is 0 Å². The van der Waals surface area contributed by atoms with E-state index in [9.17, 15) is 13.6 Å². The number of Topliss-reactive ketones (excluding diaryl/α,β-unsaturated/α-hetero) is 1. The van der Waals surface area contributed by atoms with Crippen molar-refractivity contribution in [1.29, 1.82) is 0 Å². The predicted molar refractivity (Wildman–Crippen MR) is 74.7 cm³/mol. The zero-order valence-corrected chi connectivity index (χ0v) is 11.4. The Morgan fingerprint density at radius 1 is 1.14 bits per heavy atom. The molecule has 0 saturated carbocycles. The summed E-state index contributed by atoms with van der Waals surface area (Å²) in [7, 11) is 0. The fraction of sp³-hybridized carbons (Fsp3) is 0.235. The van der Waals surface area contributed by atoms with Crippen molar-refractivity contribution in [3.63, 3.8) is 0 Å². The lowest BCUT2D eigenvalue weighted by Crippen LogP contribution is -2.14. The minimum absolute atomic E-state index is 0.0248. The van der Waals surface area contributed by atoms with Crippen molar-refractivity contribution >= 4 is 5.78 Å². The number of fused-ring (bicyclic) bond motifs is 1. The summed E-state index contributed by atoms with van der Waals surface area (Å²) in [5.41, 5.74) is 1.99. The van der Waals surface area contributed by atoms with Crippen LogP contribution in [0.5, 0.6) is 5.75 Å². The van der Waals surface area contributed by atoms with Crippen LogP contribution in [0.15, 0.2) is 36.4 Å². The van der Waals surface area contributed by atoms with Crippen molar-refractivity contribution in [3.8, 4) is 5.75 Å². The van der Waals surface area contributed by atoms with Gasteiger partial charge in [0.25, 0.3) is 0 Å². The zero-order chi connectivity index (χ0) is 14.8. The predicted octanol–water partition coefficient (Wildman–Crippen LogP) is 3.72. The maximum absolute atomic E-state index is 13.2. The van der Waals surface area contributed by atoms with Gasteiger partial charge in [-0.05, 0) is 42.2 Å². The van der Waals surface area contributed by atoms with Gasteiger partial charge in [0.2, 0.25) is 0 Å². The molecule has 108 valence electrons. The number of benzene rings is 2. The first kappa shape index (κ1) is 13.7. The SMILES string of the molecule is O=C(Cc1ccc(F)c(F)c1)c1cccc2c1OCCC2. The molecule has 0 unspecified atom stereocenters. The van der Waals surface area contributed by atoms with Crippen molar-refractivity contribution < 1.29 is 18.3 Å². The topological polar surface area (TPSA) is 26.3 Å². The number of halogens is 2. The van der Waals surface area contributed by atoms with Gasteiger partial charge in [0.1, 0.15) is 5.75 Å². The minimum atomic E-state index is -0.938. The zero-order valence-electron chi connectivity index (χ0n) is 11.4. The molecular weight excluding hydrogens is 274 g/mol. The van der Waals surface area contributed by atoms with E-state index in [4.69, 9.17) is 4.74 Å². The first-order chi connectivity index (χ1) is 10.1. The number of rotatable bonds is 3. The Hall–Kier alpha value is -2.23. The van der Waals surface area contributed by atoms with E-state index in [1.165, 1.54) is 6.07 Å². The molecule has 1 aliphatic heterocycles. The van der Waals surface area contributed by atoms with Crippen LogP contribution in [0.1, 0.15) is 27.9 Å². The average Bonchev–Trinajstić information content (AvgIpc) is 2.50. The summed E-state index contributed by atoms with van der Waals surface area (Å²) in [4.78, 5) is 12.4. The third kappa shape index (κ3) is 2.79. The molecule has 2 nitrogen and oxygen atoms in total. The molecule has 0 bridgehead atoms. The molecule has 0 aromatic heterocycles. The third-order valence-electron chi connectivity index (χ3n) is 3.58. The van der Waals surface area contributed by atoms with Crippen LogP contribution in [-0.4, -0.2) is 12.4 Å². The number of hydrogen-bond donors (Lipinski definition) is 0. The van der Waals surface area contributed by atoms with Crippen LogP contribution in [0, 0.1) is 11.6 Å². The van der Waals surface area contributed by atoms with Crippen molar-refractivity contribution in [2.45, 2.75) is 19.3 Å². The number of hydrogen-bond acceptors (Lipinski definition) is 2. The standard InChI is InChI=1S/C17H14F2O2/c18-14-7-6-11(9-15(14)19)10-16(20)13-5-1-3-12-4-2-8-21-17(12)13/h1,3,5-7,9H,2,4,8,10H2. The van der Waals surface area contributed by atoms with Gasteiger partial charge >= 0.3 is 0 Å². The van der Waals surface area contributed by atoms with Crippen LogP contribution in [0.4, 0.5) is 8.78 Å². The highest BCUT2D eigenvalue weighted by Gasteiger charge is 2.19. The van der Waals surface area contributed by atoms with Crippen molar-refractivity contribution in [2.24, 2.45) is 0 Å². The van der Waals surface area contributed by atoms with Gasteiger partial charge in [0.05, 0.1) is 12.2 Å². The van der Waals surface area contributed by atoms with E-state index >= 15 is 0 Å². The lowest BCUT2D eigenvalue weighted by Gasteiger charge is -2.19. The van der Waals surface area contributed by atoms with E-state index in [2.05, 4.69) is 0 Å². The number of para-hydroxylation sites is 1. The highest BCUT2D eigenvalue weighted by Crippen LogP contribution is 2.29. The van der Waals surface area contributed by atoms with Gasteiger partial charge in [-0.15, -0.1) is 0 Å². The van der Waals surface area contributed by atoms with E-state index < -0.39 is 11.6 Å². The minimum Gasteiger partial charge on any atom is -0.493 e. The van der Waals surface area contributed by atoms with Gasteiger partial charge in [0, 0.05) is 6.42 Å². The third-order valence-corrected chi connectivity index (χ3v) is 3.58. The second-order valence-electron chi connectivity index (χ2n) is 5.09. The summed E-state index contributed by atoms with van der Waals surface area (Å²) < 4.78 is 31.7. The average molecular weight is 288 g/mol. The molecule has 0 atom stereocenters. The van der Waals surface area contributed by atoms with Crippen LogP contribution in [-0.2, 0) is 12.8 Å². The highest BCUT2D eigenvalue weighted by molar-refractivity contribution is 6.00. The molecule has 0 saturated heterocycles. The number of carbonyl (C=O) groups is 1. The Bertz CT molecular complexity index is 695. The number of ether oxygens (including phenoxy) is 1. The molecule has 4 heteroatoms. The van der Waals surface area contributed by atoms with Gasteiger partial charge in [-0.25, -0.2) is 8.78 Å². The Balaban J connectivity index is 1.87. The molecule has 2 aromatic carbocycles. The first-order valence-electron chi connectivity index (χ1n) is 6.87. The molecule has 21 heavy (non-hydrogen) atoms. The Morgan fingerprint density at radius 2 is 2.00 bits per heavy atom. The monoisotopic (exact) mass is 288 g/mol. The molecule has 1 aliphatic rings. The van der Waals surface area contributed by atoms with Crippen LogP contribution in [0.2, 0.25) is 0 Å². The van der Waals surface area contributed by atoms with E-state index in [0.717, 1.165) is 30.5 Å². The van der Waals surface area contributed by atoms with Crippen LogP contribution >= 0.6 is 0 Å². The second-order valence-corrected chi connectivity index (χ2v) is 5.09. The Morgan fingerprint density at radius 3 is 2.81 bits per heavy atom. The molecule has 3 rings (SSSR count). The second kappa shape index (κ2) is 5.64. The highest BCUT2D eigenvalue weighted by atomic mass is 19.2. The quantitative estimate of drug-likeness (QED) is 0.805. The van der Waals surface area contributed by atoms with E-state index in [0.29, 0.717) is 23.5 Å². The van der Waals surface area contributed by atoms with Gasteiger partial charge in [-0.3, -0.25) is 4.79 Å². The van der Waals surface area contributed by atoms with Crippen molar-refractivity contribution in [2.75, 3.05) is 6.61 Å². The summed E-state index contributed by atoms with van der Waals surface area (Å²) in [6, 6.07) is 9.01. The normalized spacial score (nSPS) is 13.4. The summed E-state index contributed by atoms with van der Waals surface area (Å²) in [6.07, 6.45) is 1.85. The summed E-state index contributed by atoms with van der Waals surface area (Å²) >= 11 is 0. The van der Waals surface area contributed by atoms with E-state index in [1.54, 1.807) is 6.07 Å². The van der Waals surface area contributed by atoms with E-state index in [-0.39, 0.29) is 12.2 Å². The number of carbonyl (C=O) groups excluding carboxylic acids is 1.